The normalized spacial score (nSPS) is 12.6. The number of carbonyl (C=O) groups excluding carboxylic acids is 1. The predicted molar refractivity (Wildman–Crippen MR) is 43.2 cm³/mol. The van der Waals surface area contributed by atoms with E-state index < -0.39 is 0 Å². The van der Waals surface area contributed by atoms with Gasteiger partial charge in [0.05, 0.1) is 12.6 Å². The van der Waals surface area contributed by atoms with Crippen LogP contribution < -0.4 is 11.1 Å². The van der Waals surface area contributed by atoms with Crippen molar-refractivity contribution in [1.29, 1.82) is 0 Å². The van der Waals surface area contributed by atoms with Gasteiger partial charge in [0.25, 0.3) is 0 Å². The summed E-state index contributed by atoms with van der Waals surface area (Å²) in [4.78, 5) is 11.0. The molecule has 0 saturated heterocycles. The molecule has 0 radical (unpaired) electrons. The fourth-order valence-electron chi connectivity index (χ4n) is 0.593. The van der Waals surface area contributed by atoms with Crippen LogP contribution in [0.2, 0.25) is 0 Å². The van der Waals surface area contributed by atoms with Crippen molar-refractivity contribution < 1.29 is 9.53 Å². The zero-order chi connectivity index (χ0) is 8.69. The number of rotatable bonds is 5. The Morgan fingerprint density at radius 3 is 2.82 bits per heavy atom. The van der Waals surface area contributed by atoms with E-state index in [1.165, 1.54) is 0 Å². The molecule has 0 aliphatic rings. The lowest BCUT2D eigenvalue weighted by Crippen LogP contribution is -2.41. The minimum atomic E-state index is -0.383. The smallest absolute Gasteiger partial charge is 0.236 e. The molecule has 1 atom stereocenters. The van der Waals surface area contributed by atoms with E-state index in [1.54, 1.807) is 7.11 Å². The molecule has 0 bridgehead atoms. The Morgan fingerprint density at radius 2 is 2.36 bits per heavy atom. The van der Waals surface area contributed by atoms with Crippen LogP contribution in [0.4, 0.5) is 0 Å². The Bertz CT molecular complexity index is 117. The highest BCUT2D eigenvalue weighted by molar-refractivity contribution is 5.81. The van der Waals surface area contributed by atoms with Crippen LogP contribution in [0.25, 0.3) is 0 Å². The highest BCUT2D eigenvalue weighted by Gasteiger charge is 2.08. The van der Waals surface area contributed by atoms with Gasteiger partial charge in [0, 0.05) is 13.7 Å². The quantitative estimate of drug-likeness (QED) is 0.532. The molecule has 4 heteroatoms. The molecule has 0 aliphatic carbocycles. The molecular weight excluding hydrogens is 144 g/mol. The zero-order valence-corrected chi connectivity index (χ0v) is 7.09. The number of nitrogens with two attached hydrogens (primary N) is 1. The van der Waals surface area contributed by atoms with E-state index >= 15 is 0 Å². The van der Waals surface area contributed by atoms with Gasteiger partial charge in [0.15, 0.2) is 0 Å². The number of methoxy groups -OCH3 is 1. The van der Waals surface area contributed by atoms with Gasteiger partial charge in [0.1, 0.15) is 0 Å². The first-order chi connectivity index (χ1) is 5.22. The Morgan fingerprint density at radius 1 is 1.73 bits per heavy atom. The first-order valence-electron chi connectivity index (χ1n) is 3.74. The summed E-state index contributed by atoms with van der Waals surface area (Å²) >= 11 is 0. The van der Waals surface area contributed by atoms with Crippen LogP contribution in [0.3, 0.4) is 0 Å². The fraction of sp³-hybridized carbons (Fsp3) is 0.857. The third-order valence-corrected chi connectivity index (χ3v) is 1.38. The maximum absolute atomic E-state index is 11.0. The summed E-state index contributed by atoms with van der Waals surface area (Å²) in [7, 11) is 1.59. The molecule has 66 valence electrons. The lowest BCUT2D eigenvalue weighted by Gasteiger charge is -2.08. The summed E-state index contributed by atoms with van der Waals surface area (Å²) in [6.07, 6.45) is 0.665. The third kappa shape index (κ3) is 4.75. The average molecular weight is 160 g/mol. The van der Waals surface area contributed by atoms with Crippen molar-refractivity contribution in [3.05, 3.63) is 0 Å². The first-order valence-corrected chi connectivity index (χ1v) is 3.74. The minimum Gasteiger partial charge on any atom is -0.383 e. The van der Waals surface area contributed by atoms with Crippen molar-refractivity contribution in [2.45, 2.75) is 19.4 Å². The summed E-state index contributed by atoms with van der Waals surface area (Å²) < 4.78 is 4.75. The van der Waals surface area contributed by atoms with Crippen molar-refractivity contribution in [2.75, 3.05) is 20.3 Å². The summed E-state index contributed by atoms with van der Waals surface area (Å²) in [5, 5.41) is 2.65. The third-order valence-electron chi connectivity index (χ3n) is 1.38. The van der Waals surface area contributed by atoms with E-state index in [0.29, 0.717) is 19.6 Å². The molecule has 0 unspecified atom stereocenters. The Labute approximate surface area is 67.1 Å². The van der Waals surface area contributed by atoms with E-state index in [0.717, 1.165) is 0 Å². The van der Waals surface area contributed by atoms with Gasteiger partial charge in [-0.3, -0.25) is 4.79 Å². The number of carbonyl (C=O) groups is 1. The number of hydrogen-bond acceptors (Lipinski definition) is 3. The molecule has 0 aromatic carbocycles. The zero-order valence-electron chi connectivity index (χ0n) is 7.09. The van der Waals surface area contributed by atoms with Crippen molar-refractivity contribution in [2.24, 2.45) is 5.73 Å². The minimum absolute atomic E-state index is 0.107. The largest absolute Gasteiger partial charge is 0.383 e. The molecule has 0 aromatic heterocycles. The second-order valence-corrected chi connectivity index (χ2v) is 2.30. The van der Waals surface area contributed by atoms with Crippen LogP contribution >= 0.6 is 0 Å². The van der Waals surface area contributed by atoms with Gasteiger partial charge in [-0.05, 0) is 6.42 Å². The lowest BCUT2D eigenvalue weighted by molar-refractivity contribution is -0.122. The van der Waals surface area contributed by atoms with Crippen molar-refractivity contribution in [1.82, 2.24) is 5.32 Å². The molecule has 1 amide bonds. The molecule has 0 saturated carbocycles. The van der Waals surface area contributed by atoms with Gasteiger partial charge < -0.3 is 15.8 Å². The van der Waals surface area contributed by atoms with Gasteiger partial charge in [-0.25, -0.2) is 0 Å². The van der Waals surface area contributed by atoms with Gasteiger partial charge in [-0.2, -0.15) is 0 Å². The molecule has 0 fully saturated rings. The number of nitrogens with one attached hydrogen (secondary N) is 1. The molecule has 0 rings (SSSR count). The maximum atomic E-state index is 11.0. The summed E-state index contributed by atoms with van der Waals surface area (Å²) in [5.41, 5.74) is 5.45. The number of amides is 1. The molecule has 3 N–H and O–H groups in total. The van der Waals surface area contributed by atoms with Gasteiger partial charge in [-0.1, -0.05) is 6.92 Å². The molecule has 0 heterocycles. The maximum Gasteiger partial charge on any atom is 0.236 e. The number of hydrogen-bond donors (Lipinski definition) is 2. The Hall–Kier alpha value is -0.610. The molecule has 0 aliphatic heterocycles. The second-order valence-electron chi connectivity index (χ2n) is 2.30. The summed E-state index contributed by atoms with van der Waals surface area (Å²) in [6.45, 7) is 2.94. The van der Waals surface area contributed by atoms with E-state index in [-0.39, 0.29) is 11.9 Å². The summed E-state index contributed by atoms with van der Waals surface area (Å²) in [6, 6.07) is -0.383. The first kappa shape index (κ1) is 10.4. The van der Waals surface area contributed by atoms with Crippen LogP contribution in [0, 0.1) is 0 Å². The highest BCUT2D eigenvalue weighted by atomic mass is 16.5. The van der Waals surface area contributed by atoms with Crippen LogP contribution in [-0.4, -0.2) is 32.2 Å². The average Bonchev–Trinajstić information content (AvgIpc) is 2.03. The van der Waals surface area contributed by atoms with E-state index in [2.05, 4.69) is 5.32 Å². The summed E-state index contributed by atoms with van der Waals surface area (Å²) in [5.74, 6) is -0.107. The molecule has 0 aromatic rings. The Balaban J connectivity index is 3.36. The standard InChI is InChI=1S/C7H16N2O2/c1-3-6(8)7(10)9-4-5-11-2/h6H,3-5,8H2,1-2H3,(H,9,10)/t6-/m0/s1. The second kappa shape index (κ2) is 6.12. The van der Waals surface area contributed by atoms with Crippen LogP contribution in [0.15, 0.2) is 0 Å². The van der Waals surface area contributed by atoms with Crippen molar-refractivity contribution in [3.63, 3.8) is 0 Å². The van der Waals surface area contributed by atoms with E-state index in [4.69, 9.17) is 10.5 Å². The SMILES string of the molecule is CC[C@H](N)C(=O)NCCOC. The van der Waals surface area contributed by atoms with Gasteiger partial charge in [0.2, 0.25) is 5.91 Å². The van der Waals surface area contributed by atoms with Crippen LogP contribution in [-0.2, 0) is 9.53 Å². The topological polar surface area (TPSA) is 64.4 Å². The van der Waals surface area contributed by atoms with Gasteiger partial charge >= 0.3 is 0 Å². The molecular formula is C7H16N2O2. The van der Waals surface area contributed by atoms with Crippen molar-refractivity contribution >= 4 is 5.91 Å². The molecule has 4 nitrogen and oxygen atoms in total. The Kier molecular flexibility index (Phi) is 5.78. The van der Waals surface area contributed by atoms with E-state index in [9.17, 15) is 4.79 Å². The fourth-order valence-corrected chi connectivity index (χ4v) is 0.593. The van der Waals surface area contributed by atoms with Crippen LogP contribution in [0.5, 0.6) is 0 Å². The monoisotopic (exact) mass is 160 g/mol. The van der Waals surface area contributed by atoms with Gasteiger partial charge in [-0.15, -0.1) is 0 Å². The lowest BCUT2D eigenvalue weighted by atomic mass is 10.2. The number of ether oxygens (including phenoxy) is 1. The molecule has 11 heavy (non-hydrogen) atoms. The highest BCUT2D eigenvalue weighted by Crippen LogP contribution is 1.84. The van der Waals surface area contributed by atoms with Crippen molar-refractivity contribution in [3.8, 4) is 0 Å². The molecule has 0 spiro atoms. The van der Waals surface area contributed by atoms with Crippen LogP contribution in [0.1, 0.15) is 13.3 Å². The predicted octanol–water partition coefficient (Wildman–Crippen LogP) is -0.514. The van der Waals surface area contributed by atoms with E-state index in [1.807, 2.05) is 6.92 Å².